The molecule has 0 aliphatic carbocycles. The summed E-state index contributed by atoms with van der Waals surface area (Å²) < 4.78 is 1.08. The lowest BCUT2D eigenvalue weighted by atomic mass is 10.5. The molecule has 4 heteroatoms. The molecule has 0 unspecified atom stereocenters. The highest BCUT2D eigenvalue weighted by Gasteiger charge is 2.01. The third-order valence-electron chi connectivity index (χ3n) is 1.14. The molecule has 0 aliphatic heterocycles. The zero-order valence-electron chi connectivity index (χ0n) is 5.15. The van der Waals surface area contributed by atoms with Crippen LogP contribution in [0.1, 0.15) is 10.5 Å². The first-order valence-corrected chi connectivity index (χ1v) is 2.68. The highest BCUT2D eigenvalue weighted by atomic mass is 16.2. The van der Waals surface area contributed by atoms with Crippen molar-refractivity contribution in [1.29, 1.82) is 0 Å². The van der Waals surface area contributed by atoms with Gasteiger partial charge in [0.1, 0.15) is 0 Å². The van der Waals surface area contributed by atoms with E-state index in [2.05, 4.69) is 0 Å². The Balaban J connectivity index is 3.13. The van der Waals surface area contributed by atoms with Crippen molar-refractivity contribution in [2.45, 2.75) is 0 Å². The van der Waals surface area contributed by atoms with Crippen molar-refractivity contribution in [1.82, 2.24) is 4.57 Å². The van der Waals surface area contributed by atoms with Gasteiger partial charge >= 0.3 is 6.03 Å². The Labute approximate surface area is 57.2 Å². The lowest BCUT2D eigenvalue weighted by Crippen LogP contribution is -2.20. The van der Waals surface area contributed by atoms with Gasteiger partial charge < -0.3 is 5.73 Å². The van der Waals surface area contributed by atoms with Crippen LogP contribution in [-0.2, 0) is 0 Å². The third kappa shape index (κ3) is 0.907. The molecule has 1 heterocycles. The molecule has 0 spiro atoms. The summed E-state index contributed by atoms with van der Waals surface area (Å²) in [5.74, 6) is 0. The summed E-state index contributed by atoms with van der Waals surface area (Å²) in [5.41, 5.74) is 5.17. The zero-order valence-corrected chi connectivity index (χ0v) is 5.15. The molecule has 0 atom stereocenters. The molecule has 1 rings (SSSR count). The maximum absolute atomic E-state index is 10.5. The summed E-state index contributed by atoms with van der Waals surface area (Å²) in [5, 5.41) is 0. The standard InChI is InChI=1S/C6H6N2O2/c7-6(10)8-3-1-2-5(8)4-9/h1-4H,(H2,7,10). The predicted molar refractivity (Wildman–Crippen MR) is 34.8 cm³/mol. The van der Waals surface area contributed by atoms with Crippen molar-refractivity contribution in [2.24, 2.45) is 5.73 Å². The van der Waals surface area contributed by atoms with E-state index in [1.165, 1.54) is 12.3 Å². The minimum Gasteiger partial charge on any atom is -0.351 e. The molecule has 0 saturated carbocycles. The number of nitrogens with two attached hydrogens (primary N) is 1. The topological polar surface area (TPSA) is 65.1 Å². The lowest BCUT2D eigenvalue weighted by Gasteiger charge is -1.94. The summed E-state index contributed by atoms with van der Waals surface area (Å²) in [7, 11) is 0. The summed E-state index contributed by atoms with van der Waals surface area (Å²) in [6, 6.07) is 2.44. The fourth-order valence-corrected chi connectivity index (χ4v) is 0.691. The maximum atomic E-state index is 10.5. The number of nitrogens with zero attached hydrogens (tertiary/aromatic N) is 1. The van der Waals surface area contributed by atoms with Gasteiger partial charge in [-0.1, -0.05) is 0 Å². The smallest absolute Gasteiger partial charge is 0.323 e. The van der Waals surface area contributed by atoms with Crippen molar-refractivity contribution in [2.75, 3.05) is 0 Å². The van der Waals surface area contributed by atoms with Gasteiger partial charge in [0.25, 0.3) is 0 Å². The molecule has 0 bridgehead atoms. The number of primary amides is 1. The second kappa shape index (κ2) is 2.34. The van der Waals surface area contributed by atoms with Crippen LogP contribution in [0.25, 0.3) is 0 Å². The zero-order chi connectivity index (χ0) is 7.56. The fraction of sp³-hybridized carbons (Fsp3) is 0. The van der Waals surface area contributed by atoms with E-state index in [1.54, 1.807) is 6.07 Å². The van der Waals surface area contributed by atoms with Gasteiger partial charge in [-0.25, -0.2) is 4.79 Å². The van der Waals surface area contributed by atoms with Crippen LogP contribution >= 0.6 is 0 Å². The molecular formula is C6H6N2O2. The Morgan fingerprint density at radius 3 is 2.80 bits per heavy atom. The molecule has 0 fully saturated rings. The third-order valence-corrected chi connectivity index (χ3v) is 1.14. The molecule has 1 amide bonds. The summed E-state index contributed by atoms with van der Waals surface area (Å²) in [6.07, 6.45) is 2.01. The molecule has 52 valence electrons. The number of carbonyl (C=O) groups is 2. The van der Waals surface area contributed by atoms with Crippen LogP contribution in [0.5, 0.6) is 0 Å². The first-order valence-electron chi connectivity index (χ1n) is 2.68. The van der Waals surface area contributed by atoms with E-state index >= 15 is 0 Å². The lowest BCUT2D eigenvalue weighted by molar-refractivity contribution is 0.111. The Hall–Kier alpha value is -1.58. The van der Waals surface area contributed by atoms with Crippen molar-refractivity contribution in [3.8, 4) is 0 Å². The van der Waals surface area contributed by atoms with E-state index in [-0.39, 0.29) is 5.69 Å². The van der Waals surface area contributed by atoms with E-state index in [1.807, 2.05) is 0 Å². The van der Waals surface area contributed by atoms with Gasteiger partial charge in [0.15, 0.2) is 6.29 Å². The minimum absolute atomic E-state index is 0.271. The fourth-order valence-electron chi connectivity index (χ4n) is 0.691. The summed E-state index contributed by atoms with van der Waals surface area (Å²) in [4.78, 5) is 20.6. The predicted octanol–water partition coefficient (Wildman–Crippen LogP) is 0.227. The molecule has 1 aromatic rings. The molecular weight excluding hydrogens is 132 g/mol. The van der Waals surface area contributed by atoms with Crippen LogP contribution < -0.4 is 5.73 Å². The quantitative estimate of drug-likeness (QED) is 0.564. The van der Waals surface area contributed by atoms with E-state index in [4.69, 9.17) is 5.73 Å². The van der Waals surface area contributed by atoms with Crippen molar-refractivity contribution >= 4 is 12.3 Å². The van der Waals surface area contributed by atoms with Gasteiger partial charge in [0.05, 0.1) is 5.69 Å². The number of aromatic nitrogens is 1. The van der Waals surface area contributed by atoms with E-state index < -0.39 is 6.03 Å². The average Bonchev–Trinajstić information content (AvgIpc) is 2.33. The van der Waals surface area contributed by atoms with E-state index in [0.29, 0.717) is 6.29 Å². The molecule has 4 nitrogen and oxygen atoms in total. The van der Waals surface area contributed by atoms with Gasteiger partial charge in [-0.05, 0) is 12.1 Å². The van der Waals surface area contributed by atoms with Gasteiger partial charge in [-0.3, -0.25) is 9.36 Å². The first kappa shape index (κ1) is 6.54. The van der Waals surface area contributed by atoms with Crippen LogP contribution in [0.15, 0.2) is 18.3 Å². The monoisotopic (exact) mass is 138 g/mol. The first-order chi connectivity index (χ1) is 4.75. The SMILES string of the molecule is NC(=O)n1cccc1C=O. The van der Waals surface area contributed by atoms with Gasteiger partial charge in [-0.15, -0.1) is 0 Å². The number of aldehydes is 1. The Morgan fingerprint density at radius 1 is 1.70 bits per heavy atom. The van der Waals surface area contributed by atoms with Crippen molar-refractivity contribution in [3.05, 3.63) is 24.0 Å². The van der Waals surface area contributed by atoms with Crippen LogP contribution in [-0.4, -0.2) is 16.9 Å². The largest absolute Gasteiger partial charge is 0.351 e. The highest BCUT2D eigenvalue weighted by molar-refractivity contribution is 5.83. The van der Waals surface area contributed by atoms with Gasteiger partial charge in [0, 0.05) is 6.20 Å². The second-order valence-electron chi connectivity index (χ2n) is 1.76. The molecule has 0 aromatic carbocycles. The Morgan fingerprint density at radius 2 is 2.40 bits per heavy atom. The molecule has 1 aromatic heterocycles. The second-order valence-corrected chi connectivity index (χ2v) is 1.76. The summed E-state index contributed by atoms with van der Waals surface area (Å²) >= 11 is 0. The molecule has 10 heavy (non-hydrogen) atoms. The van der Waals surface area contributed by atoms with Crippen molar-refractivity contribution < 1.29 is 9.59 Å². The minimum atomic E-state index is -0.646. The van der Waals surface area contributed by atoms with Crippen LogP contribution in [0.2, 0.25) is 0 Å². The Kier molecular flexibility index (Phi) is 1.53. The van der Waals surface area contributed by atoms with Crippen LogP contribution in [0, 0.1) is 0 Å². The number of amides is 1. The maximum Gasteiger partial charge on any atom is 0.323 e. The van der Waals surface area contributed by atoms with E-state index in [9.17, 15) is 9.59 Å². The number of hydrogen-bond donors (Lipinski definition) is 1. The van der Waals surface area contributed by atoms with E-state index in [0.717, 1.165) is 4.57 Å². The summed E-state index contributed by atoms with van der Waals surface area (Å²) in [6.45, 7) is 0. The van der Waals surface area contributed by atoms with Crippen LogP contribution in [0.4, 0.5) is 4.79 Å². The number of hydrogen-bond acceptors (Lipinski definition) is 2. The van der Waals surface area contributed by atoms with Crippen LogP contribution in [0.3, 0.4) is 0 Å². The van der Waals surface area contributed by atoms with Crippen molar-refractivity contribution in [3.63, 3.8) is 0 Å². The molecule has 2 N–H and O–H groups in total. The van der Waals surface area contributed by atoms with Gasteiger partial charge in [-0.2, -0.15) is 0 Å². The highest BCUT2D eigenvalue weighted by Crippen LogP contribution is 1.96. The normalized spacial score (nSPS) is 9.20. The van der Waals surface area contributed by atoms with Gasteiger partial charge in [0.2, 0.25) is 0 Å². The number of rotatable bonds is 1. The molecule has 0 radical (unpaired) electrons. The Bertz CT molecular complexity index is 264. The molecule has 0 saturated heterocycles. The number of carbonyl (C=O) groups excluding carboxylic acids is 2. The average molecular weight is 138 g/mol. The molecule has 0 aliphatic rings.